The average Bonchev–Trinajstić information content (AvgIpc) is 2.79. The van der Waals surface area contributed by atoms with Crippen molar-refractivity contribution in [2.75, 3.05) is 18.8 Å². The second-order valence-corrected chi connectivity index (χ2v) is 6.95. The normalized spacial score (nSPS) is 16.1. The summed E-state index contributed by atoms with van der Waals surface area (Å²) in [6.45, 7) is 1.71. The maximum Gasteiger partial charge on any atom is 0.260 e. The molecule has 1 saturated heterocycles. The van der Waals surface area contributed by atoms with Crippen molar-refractivity contribution in [2.24, 2.45) is 0 Å². The number of hydrogen-bond donors (Lipinski definition) is 1. The van der Waals surface area contributed by atoms with Gasteiger partial charge in [-0.15, -0.1) is 11.3 Å². The van der Waals surface area contributed by atoms with Gasteiger partial charge in [0.25, 0.3) is 5.56 Å². The average molecular weight is 323 g/mol. The van der Waals surface area contributed by atoms with E-state index in [1.54, 1.807) is 6.07 Å². The number of likely N-dealkylation sites (tertiary alicyclic amines) is 1. The number of carbonyl (C=O) groups is 1. The molecular formula is C14H17N3O2S2. The molecule has 0 bridgehead atoms. The molecule has 0 aromatic carbocycles. The molecule has 2 aromatic rings. The summed E-state index contributed by atoms with van der Waals surface area (Å²) in [4.78, 5) is 33.8. The summed E-state index contributed by atoms with van der Waals surface area (Å²) < 4.78 is 0. The lowest BCUT2D eigenvalue weighted by molar-refractivity contribution is -0.128. The zero-order valence-electron chi connectivity index (χ0n) is 11.6. The molecule has 0 spiro atoms. The van der Waals surface area contributed by atoms with Gasteiger partial charge in [-0.2, -0.15) is 0 Å². The van der Waals surface area contributed by atoms with E-state index in [2.05, 4.69) is 9.97 Å². The van der Waals surface area contributed by atoms with Crippen LogP contribution in [0, 0.1) is 0 Å². The van der Waals surface area contributed by atoms with Crippen LogP contribution in [0.25, 0.3) is 10.2 Å². The lowest BCUT2D eigenvalue weighted by Crippen LogP contribution is -2.33. The van der Waals surface area contributed by atoms with Crippen LogP contribution in [0.2, 0.25) is 0 Å². The number of nitrogens with zero attached hydrogens (tertiary/aromatic N) is 2. The number of H-pyrrole nitrogens is 1. The van der Waals surface area contributed by atoms with Gasteiger partial charge in [0.05, 0.1) is 11.1 Å². The Morgan fingerprint density at radius 2 is 2.10 bits per heavy atom. The van der Waals surface area contributed by atoms with Gasteiger partial charge >= 0.3 is 0 Å². The molecule has 21 heavy (non-hydrogen) atoms. The van der Waals surface area contributed by atoms with Crippen molar-refractivity contribution < 1.29 is 4.79 Å². The summed E-state index contributed by atoms with van der Waals surface area (Å²) in [6.07, 6.45) is 4.60. The highest BCUT2D eigenvalue weighted by Crippen LogP contribution is 2.19. The third kappa shape index (κ3) is 3.47. The first-order valence-electron chi connectivity index (χ1n) is 7.12. The number of aromatic nitrogens is 2. The summed E-state index contributed by atoms with van der Waals surface area (Å²) in [7, 11) is 0. The second-order valence-electron chi connectivity index (χ2n) is 5.09. The standard InChI is InChI=1S/C14H17N3O2S2/c18-11(17-6-3-1-2-4-7-17)9-21-14-15-12(19)10-5-8-20-13(10)16-14/h5,8H,1-4,6-7,9H2,(H,15,16,19). The predicted octanol–water partition coefficient (Wildman–Crippen LogP) is 2.48. The quantitative estimate of drug-likeness (QED) is 0.696. The summed E-state index contributed by atoms with van der Waals surface area (Å²) >= 11 is 2.75. The number of rotatable bonds is 3. The van der Waals surface area contributed by atoms with Crippen molar-refractivity contribution in [1.82, 2.24) is 14.9 Å². The molecule has 1 N–H and O–H groups in total. The maximum atomic E-state index is 12.2. The van der Waals surface area contributed by atoms with E-state index in [4.69, 9.17) is 0 Å². The molecule has 3 heterocycles. The molecule has 1 amide bonds. The Morgan fingerprint density at radius 3 is 2.86 bits per heavy atom. The molecule has 0 unspecified atom stereocenters. The molecule has 1 aliphatic rings. The van der Waals surface area contributed by atoms with E-state index in [0.717, 1.165) is 30.8 Å². The topological polar surface area (TPSA) is 66.1 Å². The zero-order chi connectivity index (χ0) is 14.7. The SMILES string of the molecule is O=C(CSc1nc2sccc2c(=O)[nH]1)N1CCCCCC1. The van der Waals surface area contributed by atoms with Gasteiger partial charge in [-0.1, -0.05) is 24.6 Å². The fraction of sp³-hybridized carbons (Fsp3) is 0.500. The molecule has 0 aliphatic carbocycles. The number of amides is 1. The van der Waals surface area contributed by atoms with E-state index < -0.39 is 0 Å². The Labute approximate surface area is 130 Å². The lowest BCUT2D eigenvalue weighted by atomic mass is 10.2. The number of thiophene rings is 1. The fourth-order valence-electron chi connectivity index (χ4n) is 2.46. The van der Waals surface area contributed by atoms with Crippen LogP contribution in [0.15, 0.2) is 21.4 Å². The van der Waals surface area contributed by atoms with Crippen molar-refractivity contribution in [3.8, 4) is 0 Å². The number of fused-ring (bicyclic) bond motifs is 1. The highest BCUT2D eigenvalue weighted by atomic mass is 32.2. The van der Waals surface area contributed by atoms with Crippen molar-refractivity contribution >= 4 is 39.2 Å². The highest BCUT2D eigenvalue weighted by Gasteiger charge is 2.16. The number of nitrogens with one attached hydrogen (secondary N) is 1. The van der Waals surface area contributed by atoms with E-state index in [0.29, 0.717) is 16.3 Å². The molecule has 3 rings (SSSR count). The molecule has 1 aliphatic heterocycles. The molecule has 0 saturated carbocycles. The van der Waals surface area contributed by atoms with Crippen molar-refractivity contribution in [3.05, 3.63) is 21.8 Å². The Kier molecular flexibility index (Phi) is 4.60. The second kappa shape index (κ2) is 6.62. The van der Waals surface area contributed by atoms with Crippen LogP contribution in [-0.2, 0) is 4.79 Å². The molecule has 5 nitrogen and oxygen atoms in total. The molecule has 2 aromatic heterocycles. The van der Waals surface area contributed by atoms with Crippen LogP contribution in [0.1, 0.15) is 25.7 Å². The minimum atomic E-state index is -0.133. The number of aromatic amines is 1. The molecule has 7 heteroatoms. The van der Waals surface area contributed by atoms with E-state index in [1.807, 2.05) is 10.3 Å². The van der Waals surface area contributed by atoms with Gasteiger partial charge in [0.2, 0.25) is 5.91 Å². The van der Waals surface area contributed by atoms with Gasteiger partial charge < -0.3 is 9.88 Å². The molecular weight excluding hydrogens is 306 g/mol. The van der Waals surface area contributed by atoms with E-state index in [-0.39, 0.29) is 11.5 Å². The van der Waals surface area contributed by atoms with Crippen molar-refractivity contribution in [2.45, 2.75) is 30.8 Å². The minimum absolute atomic E-state index is 0.133. The summed E-state index contributed by atoms with van der Waals surface area (Å²) in [5.41, 5.74) is -0.133. The number of carbonyl (C=O) groups excluding carboxylic acids is 1. The number of thioether (sulfide) groups is 1. The Morgan fingerprint density at radius 1 is 1.33 bits per heavy atom. The third-order valence-electron chi connectivity index (χ3n) is 3.60. The fourth-order valence-corrected chi connectivity index (χ4v) is 4.04. The van der Waals surface area contributed by atoms with Gasteiger partial charge in [-0.05, 0) is 24.3 Å². The molecule has 0 atom stereocenters. The Hall–Kier alpha value is -1.34. The molecule has 0 radical (unpaired) electrons. The zero-order valence-corrected chi connectivity index (χ0v) is 13.3. The maximum absolute atomic E-state index is 12.2. The Bertz CT molecular complexity index is 687. The van der Waals surface area contributed by atoms with Crippen LogP contribution in [0.5, 0.6) is 0 Å². The van der Waals surface area contributed by atoms with Crippen molar-refractivity contribution in [1.29, 1.82) is 0 Å². The Balaban J connectivity index is 1.65. The van der Waals surface area contributed by atoms with E-state index in [1.165, 1.54) is 35.9 Å². The first-order valence-corrected chi connectivity index (χ1v) is 8.98. The summed E-state index contributed by atoms with van der Waals surface area (Å²) in [5.74, 6) is 0.468. The van der Waals surface area contributed by atoms with E-state index >= 15 is 0 Å². The van der Waals surface area contributed by atoms with Crippen LogP contribution < -0.4 is 5.56 Å². The highest BCUT2D eigenvalue weighted by molar-refractivity contribution is 7.99. The first kappa shape index (κ1) is 14.6. The monoisotopic (exact) mass is 323 g/mol. The largest absolute Gasteiger partial charge is 0.342 e. The van der Waals surface area contributed by atoms with Crippen LogP contribution in [-0.4, -0.2) is 39.6 Å². The minimum Gasteiger partial charge on any atom is -0.342 e. The van der Waals surface area contributed by atoms with E-state index in [9.17, 15) is 9.59 Å². The van der Waals surface area contributed by atoms with Gasteiger partial charge in [0.1, 0.15) is 4.83 Å². The van der Waals surface area contributed by atoms with Gasteiger partial charge in [0, 0.05) is 13.1 Å². The van der Waals surface area contributed by atoms with Crippen LogP contribution in [0.3, 0.4) is 0 Å². The van der Waals surface area contributed by atoms with Crippen LogP contribution >= 0.6 is 23.1 Å². The molecule has 1 fully saturated rings. The van der Waals surface area contributed by atoms with Crippen LogP contribution in [0.4, 0.5) is 0 Å². The number of hydrogen-bond acceptors (Lipinski definition) is 5. The van der Waals surface area contributed by atoms with Gasteiger partial charge in [-0.25, -0.2) is 4.98 Å². The third-order valence-corrected chi connectivity index (χ3v) is 5.27. The lowest BCUT2D eigenvalue weighted by Gasteiger charge is -2.19. The van der Waals surface area contributed by atoms with Gasteiger partial charge in [0.15, 0.2) is 5.16 Å². The van der Waals surface area contributed by atoms with Crippen molar-refractivity contribution in [3.63, 3.8) is 0 Å². The predicted molar refractivity (Wildman–Crippen MR) is 86.0 cm³/mol. The molecule has 112 valence electrons. The smallest absolute Gasteiger partial charge is 0.260 e. The summed E-state index contributed by atoms with van der Waals surface area (Å²) in [6, 6.07) is 1.77. The first-order chi connectivity index (χ1) is 10.2. The summed E-state index contributed by atoms with van der Waals surface area (Å²) in [5, 5.41) is 2.99. The van der Waals surface area contributed by atoms with Gasteiger partial charge in [-0.3, -0.25) is 9.59 Å².